The summed E-state index contributed by atoms with van der Waals surface area (Å²) in [6.45, 7) is 1.14. The Kier molecular flexibility index (Phi) is 4.22. The molecule has 1 aliphatic rings. The van der Waals surface area contributed by atoms with Crippen LogP contribution in [-0.4, -0.2) is 33.2 Å². The van der Waals surface area contributed by atoms with Gasteiger partial charge in [0.1, 0.15) is 0 Å². The number of amides is 2. The van der Waals surface area contributed by atoms with Gasteiger partial charge in [0.05, 0.1) is 17.1 Å². The highest BCUT2D eigenvalue weighted by Crippen LogP contribution is 2.30. The third kappa shape index (κ3) is 3.10. The smallest absolute Gasteiger partial charge is 0.267 e. The van der Waals surface area contributed by atoms with Crippen LogP contribution in [0.3, 0.4) is 0 Å². The average Bonchev–Trinajstić information content (AvgIpc) is 3.45. The van der Waals surface area contributed by atoms with Crippen LogP contribution in [0, 0.1) is 0 Å². The molecule has 1 aliphatic heterocycles. The fraction of sp³-hybridized carbons (Fsp3) is 0.150. The summed E-state index contributed by atoms with van der Waals surface area (Å²) in [6.07, 6.45) is 2.56. The van der Waals surface area contributed by atoms with Crippen LogP contribution < -0.4 is 5.32 Å². The molecule has 28 heavy (non-hydrogen) atoms. The lowest BCUT2D eigenvalue weighted by atomic mass is 10.1. The summed E-state index contributed by atoms with van der Waals surface area (Å²) in [5.41, 5.74) is 2.60. The van der Waals surface area contributed by atoms with Crippen molar-refractivity contribution in [3.63, 3.8) is 0 Å². The van der Waals surface area contributed by atoms with E-state index in [1.807, 2.05) is 46.8 Å². The number of aromatic nitrogens is 2. The van der Waals surface area contributed by atoms with Crippen molar-refractivity contribution in [3.05, 3.63) is 69.0 Å². The zero-order valence-corrected chi connectivity index (χ0v) is 16.4. The minimum absolute atomic E-state index is 0.0136. The molecule has 6 nitrogen and oxygen atoms in total. The van der Waals surface area contributed by atoms with E-state index in [0.29, 0.717) is 35.1 Å². The van der Waals surface area contributed by atoms with Crippen LogP contribution >= 0.6 is 22.7 Å². The first-order valence-corrected chi connectivity index (χ1v) is 10.6. The molecule has 4 aromatic rings. The van der Waals surface area contributed by atoms with Gasteiger partial charge < -0.3 is 9.88 Å². The van der Waals surface area contributed by atoms with Gasteiger partial charge in [-0.2, -0.15) is 0 Å². The number of aromatic amines is 1. The lowest BCUT2D eigenvalue weighted by Gasteiger charge is -2.26. The second-order valence-electron chi connectivity index (χ2n) is 6.58. The molecule has 1 aromatic carbocycles. The molecule has 8 heteroatoms. The summed E-state index contributed by atoms with van der Waals surface area (Å²) in [4.78, 5) is 36.4. The summed E-state index contributed by atoms with van der Waals surface area (Å²) in [6, 6.07) is 11.3. The van der Waals surface area contributed by atoms with E-state index in [9.17, 15) is 9.59 Å². The second-order valence-corrected chi connectivity index (χ2v) is 8.61. The molecule has 2 amide bonds. The minimum atomic E-state index is -0.145. The molecule has 0 saturated carbocycles. The summed E-state index contributed by atoms with van der Waals surface area (Å²) >= 11 is 2.84. The Morgan fingerprint density at radius 3 is 3.00 bits per heavy atom. The molecule has 140 valence electrons. The van der Waals surface area contributed by atoms with Crippen molar-refractivity contribution in [1.82, 2.24) is 14.9 Å². The number of nitrogens with one attached hydrogen (secondary N) is 2. The van der Waals surface area contributed by atoms with Crippen molar-refractivity contribution < 1.29 is 9.59 Å². The van der Waals surface area contributed by atoms with Crippen LogP contribution in [-0.2, 0) is 13.0 Å². The zero-order valence-electron chi connectivity index (χ0n) is 14.8. The van der Waals surface area contributed by atoms with Gasteiger partial charge in [0.25, 0.3) is 11.8 Å². The van der Waals surface area contributed by atoms with E-state index in [-0.39, 0.29) is 11.8 Å². The molecule has 0 fully saturated rings. The van der Waals surface area contributed by atoms with Crippen molar-refractivity contribution >= 4 is 50.5 Å². The van der Waals surface area contributed by atoms with E-state index in [0.717, 1.165) is 21.5 Å². The van der Waals surface area contributed by atoms with Gasteiger partial charge in [0.2, 0.25) is 0 Å². The van der Waals surface area contributed by atoms with Crippen molar-refractivity contribution in [3.8, 4) is 0 Å². The Hall–Kier alpha value is -2.97. The van der Waals surface area contributed by atoms with Crippen LogP contribution in [0.4, 0.5) is 5.13 Å². The molecule has 2 N–H and O–H groups in total. The fourth-order valence-electron chi connectivity index (χ4n) is 3.35. The van der Waals surface area contributed by atoms with E-state index < -0.39 is 0 Å². The molecule has 0 atom stereocenters. The predicted molar refractivity (Wildman–Crippen MR) is 111 cm³/mol. The number of fused-ring (bicyclic) bond motifs is 2. The molecule has 4 heterocycles. The summed E-state index contributed by atoms with van der Waals surface area (Å²) < 4.78 is 0. The number of carbonyl (C=O) groups excluding carboxylic acids is 2. The van der Waals surface area contributed by atoms with E-state index in [1.54, 1.807) is 6.07 Å². The predicted octanol–water partition coefficient (Wildman–Crippen LogP) is 4.14. The van der Waals surface area contributed by atoms with Crippen LogP contribution in [0.15, 0.2) is 48.0 Å². The monoisotopic (exact) mass is 408 g/mol. The van der Waals surface area contributed by atoms with Crippen LogP contribution in [0.5, 0.6) is 0 Å². The fourth-order valence-corrected chi connectivity index (χ4v) is 4.99. The minimum Gasteiger partial charge on any atom is -0.361 e. The first-order chi connectivity index (χ1) is 13.7. The molecule has 3 aromatic heterocycles. The normalized spacial score (nSPS) is 13.5. The van der Waals surface area contributed by atoms with E-state index >= 15 is 0 Å². The van der Waals surface area contributed by atoms with Crippen molar-refractivity contribution in [2.24, 2.45) is 0 Å². The number of H-pyrrole nitrogens is 1. The highest BCUT2D eigenvalue weighted by atomic mass is 32.1. The Balaban J connectivity index is 1.32. The van der Waals surface area contributed by atoms with Gasteiger partial charge in [0, 0.05) is 35.1 Å². The van der Waals surface area contributed by atoms with Gasteiger partial charge in [-0.25, -0.2) is 4.98 Å². The molecular formula is C20H16N4O2S2. The number of benzene rings is 1. The number of thiophene rings is 1. The molecule has 5 rings (SSSR count). The number of anilines is 1. The number of hydrogen-bond donors (Lipinski definition) is 2. The molecular weight excluding hydrogens is 392 g/mol. The van der Waals surface area contributed by atoms with Gasteiger partial charge in [-0.05, 0) is 35.0 Å². The third-order valence-corrected chi connectivity index (χ3v) is 6.65. The highest BCUT2D eigenvalue weighted by molar-refractivity contribution is 7.16. The summed E-state index contributed by atoms with van der Waals surface area (Å²) in [5.74, 6) is -0.131. The number of hydrogen-bond acceptors (Lipinski definition) is 5. The largest absolute Gasteiger partial charge is 0.361 e. The van der Waals surface area contributed by atoms with Gasteiger partial charge in [-0.15, -0.1) is 11.3 Å². The Morgan fingerprint density at radius 1 is 1.21 bits per heavy atom. The maximum Gasteiger partial charge on any atom is 0.267 e. The molecule has 0 spiro atoms. The molecule has 0 bridgehead atoms. The molecule has 0 radical (unpaired) electrons. The quantitative estimate of drug-likeness (QED) is 0.535. The lowest BCUT2D eigenvalue weighted by Crippen LogP contribution is -2.35. The molecule has 0 unspecified atom stereocenters. The van der Waals surface area contributed by atoms with E-state index in [1.165, 1.54) is 22.7 Å². The van der Waals surface area contributed by atoms with Crippen molar-refractivity contribution in [2.75, 3.05) is 11.9 Å². The van der Waals surface area contributed by atoms with E-state index in [4.69, 9.17) is 0 Å². The third-order valence-electron chi connectivity index (χ3n) is 4.79. The Morgan fingerprint density at radius 2 is 2.14 bits per heavy atom. The first-order valence-electron chi connectivity index (χ1n) is 8.87. The van der Waals surface area contributed by atoms with Gasteiger partial charge in [-0.3, -0.25) is 14.9 Å². The Labute approximate surface area is 168 Å². The van der Waals surface area contributed by atoms with E-state index in [2.05, 4.69) is 15.3 Å². The SMILES string of the molecule is O=C(Nc1nc2c(s1)CN(C(=O)c1ccc3cc[nH]c3c1)CC2)c1cccs1. The number of rotatable bonds is 3. The van der Waals surface area contributed by atoms with Gasteiger partial charge >= 0.3 is 0 Å². The maximum absolute atomic E-state index is 12.9. The first kappa shape index (κ1) is 17.2. The van der Waals surface area contributed by atoms with Crippen LogP contribution in [0.1, 0.15) is 30.6 Å². The standard InChI is InChI=1S/C20H16N4O2S2/c25-18(16-2-1-9-27-16)23-20-22-14-6-8-24(11-17(14)28-20)19(26)13-4-3-12-5-7-21-15(12)10-13/h1-5,7,9-10,21H,6,8,11H2,(H,22,23,25). The molecule has 0 aliphatic carbocycles. The second kappa shape index (κ2) is 6.88. The van der Waals surface area contributed by atoms with Crippen molar-refractivity contribution in [1.29, 1.82) is 0 Å². The van der Waals surface area contributed by atoms with Crippen LogP contribution in [0.2, 0.25) is 0 Å². The van der Waals surface area contributed by atoms with Crippen molar-refractivity contribution in [2.45, 2.75) is 13.0 Å². The highest BCUT2D eigenvalue weighted by Gasteiger charge is 2.25. The van der Waals surface area contributed by atoms with Crippen LogP contribution in [0.25, 0.3) is 10.9 Å². The summed E-state index contributed by atoms with van der Waals surface area (Å²) in [5, 5.41) is 6.41. The lowest BCUT2D eigenvalue weighted by molar-refractivity contribution is 0.0736. The number of nitrogens with zero attached hydrogens (tertiary/aromatic N) is 2. The maximum atomic E-state index is 12.9. The number of thiazole rings is 1. The van der Waals surface area contributed by atoms with Gasteiger partial charge in [-0.1, -0.05) is 23.5 Å². The summed E-state index contributed by atoms with van der Waals surface area (Å²) in [7, 11) is 0. The average molecular weight is 409 g/mol. The Bertz CT molecular complexity index is 1180. The zero-order chi connectivity index (χ0) is 19.1. The topological polar surface area (TPSA) is 78.1 Å². The number of carbonyl (C=O) groups is 2. The molecule has 0 saturated heterocycles. The van der Waals surface area contributed by atoms with Gasteiger partial charge in [0.15, 0.2) is 5.13 Å².